The third kappa shape index (κ3) is 3.42. The molecule has 0 radical (unpaired) electrons. The lowest BCUT2D eigenvalue weighted by Gasteiger charge is -2.07. The SMILES string of the molecule is O=C(NCc1cc(-c2ccccc2)ncn1)c1ccc2ccccc2n1. The number of rotatable bonds is 4. The zero-order valence-corrected chi connectivity index (χ0v) is 14.0. The van der Waals surface area contributed by atoms with Gasteiger partial charge in [-0.1, -0.05) is 54.6 Å². The van der Waals surface area contributed by atoms with Crippen LogP contribution in [0.3, 0.4) is 0 Å². The van der Waals surface area contributed by atoms with Crippen molar-refractivity contribution < 1.29 is 4.79 Å². The van der Waals surface area contributed by atoms with E-state index in [0.29, 0.717) is 12.2 Å². The van der Waals surface area contributed by atoms with Crippen LogP contribution >= 0.6 is 0 Å². The molecule has 0 aliphatic rings. The molecule has 4 rings (SSSR count). The van der Waals surface area contributed by atoms with Gasteiger partial charge in [-0.15, -0.1) is 0 Å². The first-order chi connectivity index (χ1) is 12.8. The lowest BCUT2D eigenvalue weighted by Crippen LogP contribution is -2.24. The molecule has 2 aromatic heterocycles. The molecule has 0 spiro atoms. The number of amides is 1. The van der Waals surface area contributed by atoms with Crippen LogP contribution in [0.25, 0.3) is 22.2 Å². The first-order valence-corrected chi connectivity index (χ1v) is 8.30. The Balaban J connectivity index is 1.49. The number of carbonyl (C=O) groups is 1. The highest BCUT2D eigenvalue weighted by molar-refractivity contribution is 5.94. The van der Waals surface area contributed by atoms with E-state index in [2.05, 4.69) is 20.3 Å². The van der Waals surface area contributed by atoms with Crippen molar-refractivity contribution in [1.82, 2.24) is 20.3 Å². The third-order valence-electron chi connectivity index (χ3n) is 4.05. The molecule has 1 amide bonds. The monoisotopic (exact) mass is 340 g/mol. The normalized spacial score (nSPS) is 10.6. The molecule has 0 aliphatic heterocycles. The number of carbonyl (C=O) groups excluding carboxylic acids is 1. The summed E-state index contributed by atoms with van der Waals surface area (Å²) in [5.41, 5.74) is 3.77. The van der Waals surface area contributed by atoms with Gasteiger partial charge in [0.25, 0.3) is 5.91 Å². The third-order valence-corrected chi connectivity index (χ3v) is 4.05. The molecule has 0 saturated heterocycles. The Morgan fingerprint density at radius 3 is 2.58 bits per heavy atom. The van der Waals surface area contributed by atoms with Crippen molar-refractivity contribution in [2.45, 2.75) is 6.54 Å². The second-order valence-corrected chi connectivity index (χ2v) is 5.83. The van der Waals surface area contributed by atoms with Crippen LogP contribution in [-0.2, 0) is 6.54 Å². The Hall–Kier alpha value is -3.60. The molecule has 1 N–H and O–H groups in total. The minimum absolute atomic E-state index is 0.226. The Morgan fingerprint density at radius 2 is 1.69 bits per heavy atom. The minimum Gasteiger partial charge on any atom is -0.345 e. The summed E-state index contributed by atoms with van der Waals surface area (Å²) in [7, 11) is 0. The van der Waals surface area contributed by atoms with Crippen LogP contribution in [0.15, 0.2) is 79.1 Å². The maximum atomic E-state index is 12.4. The number of fused-ring (bicyclic) bond motifs is 1. The summed E-state index contributed by atoms with van der Waals surface area (Å²) in [5, 5.41) is 3.87. The second kappa shape index (κ2) is 7.11. The number of pyridine rings is 1. The maximum Gasteiger partial charge on any atom is 0.270 e. The van der Waals surface area contributed by atoms with E-state index in [4.69, 9.17) is 0 Å². The highest BCUT2D eigenvalue weighted by Crippen LogP contribution is 2.16. The summed E-state index contributed by atoms with van der Waals surface area (Å²) in [6.07, 6.45) is 1.51. The smallest absolute Gasteiger partial charge is 0.270 e. The lowest BCUT2D eigenvalue weighted by molar-refractivity contribution is 0.0946. The highest BCUT2D eigenvalue weighted by Gasteiger charge is 2.09. The maximum absolute atomic E-state index is 12.4. The molecule has 26 heavy (non-hydrogen) atoms. The van der Waals surface area contributed by atoms with Gasteiger partial charge >= 0.3 is 0 Å². The fraction of sp³-hybridized carbons (Fsp3) is 0.0476. The molecule has 5 nitrogen and oxygen atoms in total. The second-order valence-electron chi connectivity index (χ2n) is 5.83. The average molecular weight is 340 g/mol. The Kier molecular flexibility index (Phi) is 4.35. The first kappa shape index (κ1) is 15.9. The van der Waals surface area contributed by atoms with Gasteiger partial charge in [0.05, 0.1) is 23.4 Å². The van der Waals surface area contributed by atoms with Crippen LogP contribution in [0, 0.1) is 0 Å². The van der Waals surface area contributed by atoms with E-state index >= 15 is 0 Å². The molecule has 2 heterocycles. The average Bonchev–Trinajstić information content (AvgIpc) is 2.72. The predicted molar refractivity (Wildman–Crippen MR) is 100 cm³/mol. The van der Waals surface area contributed by atoms with Crippen LogP contribution in [-0.4, -0.2) is 20.9 Å². The van der Waals surface area contributed by atoms with Crippen molar-refractivity contribution in [2.75, 3.05) is 0 Å². The van der Waals surface area contributed by atoms with Crippen molar-refractivity contribution in [3.63, 3.8) is 0 Å². The van der Waals surface area contributed by atoms with Gasteiger partial charge in [-0.3, -0.25) is 4.79 Å². The van der Waals surface area contributed by atoms with Crippen LogP contribution in [0.1, 0.15) is 16.2 Å². The topological polar surface area (TPSA) is 67.8 Å². The molecular formula is C21H16N4O. The van der Waals surface area contributed by atoms with Gasteiger partial charge < -0.3 is 5.32 Å². The van der Waals surface area contributed by atoms with Gasteiger partial charge in [0.15, 0.2) is 0 Å². The summed E-state index contributed by atoms with van der Waals surface area (Å²) < 4.78 is 0. The summed E-state index contributed by atoms with van der Waals surface area (Å²) in [5.74, 6) is -0.226. The summed E-state index contributed by atoms with van der Waals surface area (Å²) in [4.78, 5) is 25.3. The summed E-state index contributed by atoms with van der Waals surface area (Å²) in [6.45, 7) is 0.315. The number of aromatic nitrogens is 3. The van der Waals surface area contributed by atoms with Gasteiger partial charge in [-0.2, -0.15) is 0 Å². The molecule has 0 aliphatic carbocycles. The molecule has 5 heteroatoms. The van der Waals surface area contributed by atoms with E-state index in [1.807, 2.05) is 66.7 Å². The number of benzene rings is 2. The zero-order chi connectivity index (χ0) is 17.8. The number of nitrogens with one attached hydrogen (secondary N) is 1. The van der Waals surface area contributed by atoms with E-state index in [1.165, 1.54) is 6.33 Å². The molecule has 0 fully saturated rings. The predicted octanol–water partition coefficient (Wildman–Crippen LogP) is 3.62. The Bertz CT molecular complexity index is 1060. The van der Waals surface area contributed by atoms with Crippen molar-refractivity contribution in [1.29, 1.82) is 0 Å². The van der Waals surface area contributed by atoms with E-state index < -0.39 is 0 Å². The lowest BCUT2D eigenvalue weighted by atomic mass is 10.1. The number of para-hydroxylation sites is 1. The fourth-order valence-corrected chi connectivity index (χ4v) is 2.71. The summed E-state index contributed by atoms with van der Waals surface area (Å²) in [6, 6.07) is 23.1. The molecule has 0 unspecified atom stereocenters. The zero-order valence-electron chi connectivity index (χ0n) is 14.0. The standard InChI is InChI=1S/C21H16N4O/c26-21(19-11-10-16-8-4-5-9-18(16)25-19)22-13-17-12-20(24-14-23-17)15-6-2-1-3-7-15/h1-12,14H,13H2,(H,22,26). The van der Waals surface area contributed by atoms with Crippen LogP contribution in [0.2, 0.25) is 0 Å². The first-order valence-electron chi connectivity index (χ1n) is 8.30. The van der Waals surface area contributed by atoms with Gasteiger partial charge in [0.2, 0.25) is 0 Å². The van der Waals surface area contributed by atoms with Gasteiger partial charge in [0, 0.05) is 10.9 Å². The molecule has 0 bridgehead atoms. The number of hydrogen-bond donors (Lipinski definition) is 1. The summed E-state index contributed by atoms with van der Waals surface area (Å²) >= 11 is 0. The quantitative estimate of drug-likeness (QED) is 0.616. The van der Waals surface area contributed by atoms with E-state index in [-0.39, 0.29) is 5.91 Å². The molecule has 126 valence electrons. The molecule has 0 saturated carbocycles. The van der Waals surface area contributed by atoms with Crippen molar-refractivity contribution >= 4 is 16.8 Å². The number of hydrogen-bond acceptors (Lipinski definition) is 4. The molecule has 4 aromatic rings. The van der Waals surface area contributed by atoms with Crippen molar-refractivity contribution in [2.24, 2.45) is 0 Å². The largest absolute Gasteiger partial charge is 0.345 e. The van der Waals surface area contributed by atoms with E-state index in [1.54, 1.807) is 6.07 Å². The van der Waals surface area contributed by atoms with E-state index in [9.17, 15) is 4.79 Å². The van der Waals surface area contributed by atoms with Crippen molar-refractivity contribution in [3.8, 4) is 11.3 Å². The van der Waals surface area contributed by atoms with Crippen LogP contribution < -0.4 is 5.32 Å². The highest BCUT2D eigenvalue weighted by atomic mass is 16.1. The Morgan fingerprint density at radius 1 is 0.885 bits per heavy atom. The van der Waals surface area contributed by atoms with Crippen molar-refractivity contribution in [3.05, 3.63) is 90.5 Å². The van der Waals surface area contributed by atoms with Gasteiger partial charge in [0.1, 0.15) is 12.0 Å². The molecular weight excluding hydrogens is 324 g/mol. The minimum atomic E-state index is -0.226. The van der Waals surface area contributed by atoms with Gasteiger partial charge in [-0.25, -0.2) is 15.0 Å². The van der Waals surface area contributed by atoms with Crippen LogP contribution in [0.4, 0.5) is 0 Å². The van der Waals surface area contributed by atoms with Gasteiger partial charge in [-0.05, 0) is 18.2 Å². The molecule has 0 atom stereocenters. The Labute approximate surface area is 150 Å². The van der Waals surface area contributed by atoms with E-state index in [0.717, 1.165) is 27.9 Å². The number of nitrogens with zero attached hydrogens (tertiary/aromatic N) is 3. The fourth-order valence-electron chi connectivity index (χ4n) is 2.71. The molecule has 2 aromatic carbocycles. The van der Waals surface area contributed by atoms with Crippen LogP contribution in [0.5, 0.6) is 0 Å².